The molecule has 0 aliphatic heterocycles. The van der Waals surface area contributed by atoms with Crippen LogP contribution in [-0.4, -0.2) is 43.7 Å². The number of hydrogen-bond acceptors (Lipinski definition) is 6. The quantitative estimate of drug-likeness (QED) is 0.306. The molecule has 2 aromatic rings. The molecule has 0 bridgehead atoms. The third-order valence-electron chi connectivity index (χ3n) is 4.63. The Bertz CT molecular complexity index is 1020. The summed E-state index contributed by atoms with van der Waals surface area (Å²) < 4.78 is 10.9. The second-order valence-corrected chi connectivity index (χ2v) is 7.61. The van der Waals surface area contributed by atoms with Crippen LogP contribution in [0.1, 0.15) is 37.0 Å². The number of methoxy groups -OCH3 is 1. The third-order valence-corrected chi connectivity index (χ3v) is 4.63. The zero-order valence-corrected chi connectivity index (χ0v) is 19.5. The van der Waals surface area contributed by atoms with Crippen LogP contribution >= 0.6 is 0 Å². The fraction of sp³-hybridized carbons (Fsp3) is 0.333. The highest BCUT2D eigenvalue weighted by Crippen LogP contribution is 2.27. The fourth-order valence-corrected chi connectivity index (χ4v) is 2.88. The lowest BCUT2D eigenvalue weighted by Gasteiger charge is -2.12. The maximum Gasteiger partial charge on any atom is 0.329 e. The van der Waals surface area contributed by atoms with Gasteiger partial charge in [-0.25, -0.2) is 5.43 Å². The van der Waals surface area contributed by atoms with Crippen LogP contribution in [0.3, 0.4) is 0 Å². The maximum absolute atomic E-state index is 12.3. The van der Waals surface area contributed by atoms with Gasteiger partial charge in [0.15, 0.2) is 18.1 Å². The minimum atomic E-state index is -0.853. The van der Waals surface area contributed by atoms with Gasteiger partial charge in [0.2, 0.25) is 0 Å². The van der Waals surface area contributed by atoms with Gasteiger partial charge in [0.1, 0.15) is 0 Å². The molecule has 2 rings (SSSR count). The summed E-state index contributed by atoms with van der Waals surface area (Å²) in [4.78, 5) is 35.7. The van der Waals surface area contributed by atoms with Gasteiger partial charge in [-0.1, -0.05) is 13.0 Å². The Kier molecular flexibility index (Phi) is 9.41. The van der Waals surface area contributed by atoms with E-state index in [1.807, 2.05) is 39.0 Å². The highest BCUT2D eigenvalue weighted by atomic mass is 16.5. The highest BCUT2D eigenvalue weighted by molar-refractivity contribution is 6.35. The lowest BCUT2D eigenvalue weighted by atomic mass is 10.1. The molecule has 176 valence electrons. The first-order valence-corrected chi connectivity index (χ1v) is 10.5. The van der Waals surface area contributed by atoms with Gasteiger partial charge in [0.25, 0.3) is 5.91 Å². The molecule has 0 saturated heterocycles. The Balaban J connectivity index is 1.93. The number of amides is 3. The lowest BCUT2D eigenvalue weighted by Crippen LogP contribution is -2.41. The average molecular weight is 455 g/mol. The minimum Gasteiger partial charge on any atom is -0.493 e. The van der Waals surface area contributed by atoms with Crippen LogP contribution in [0, 0.1) is 13.8 Å². The van der Waals surface area contributed by atoms with Crippen molar-refractivity contribution in [3.8, 4) is 11.5 Å². The van der Waals surface area contributed by atoms with Crippen LogP contribution < -0.4 is 25.5 Å². The molecule has 9 nitrogen and oxygen atoms in total. The van der Waals surface area contributed by atoms with E-state index in [2.05, 4.69) is 21.2 Å². The monoisotopic (exact) mass is 454 g/mol. The summed E-state index contributed by atoms with van der Waals surface area (Å²) in [5.74, 6) is -1.14. The van der Waals surface area contributed by atoms with E-state index in [0.717, 1.165) is 11.1 Å². The molecule has 9 heteroatoms. The summed E-state index contributed by atoms with van der Waals surface area (Å²) in [6.45, 7) is 7.43. The maximum atomic E-state index is 12.3. The molecular weight excluding hydrogens is 424 g/mol. The average Bonchev–Trinajstić information content (AvgIpc) is 2.76. The molecule has 0 aliphatic rings. The Labute approximate surface area is 193 Å². The van der Waals surface area contributed by atoms with Crippen molar-refractivity contribution < 1.29 is 23.9 Å². The van der Waals surface area contributed by atoms with Gasteiger partial charge in [0.05, 0.1) is 13.3 Å². The van der Waals surface area contributed by atoms with Crippen molar-refractivity contribution in [1.82, 2.24) is 10.7 Å². The predicted molar refractivity (Wildman–Crippen MR) is 127 cm³/mol. The second kappa shape index (κ2) is 12.2. The van der Waals surface area contributed by atoms with Crippen molar-refractivity contribution in [3.63, 3.8) is 0 Å². The first kappa shape index (κ1) is 25.4. The molecule has 0 spiro atoms. The number of nitrogens with one attached hydrogen (secondary N) is 3. The third kappa shape index (κ3) is 8.29. The smallest absolute Gasteiger partial charge is 0.329 e. The summed E-state index contributed by atoms with van der Waals surface area (Å²) in [5, 5.41) is 9.15. The van der Waals surface area contributed by atoms with Gasteiger partial charge in [-0.15, -0.1) is 0 Å². The molecule has 0 heterocycles. The molecule has 0 aromatic heterocycles. The molecule has 2 aromatic carbocycles. The first-order valence-electron chi connectivity index (χ1n) is 10.5. The zero-order valence-electron chi connectivity index (χ0n) is 19.5. The van der Waals surface area contributed by atoms with E-state index in [0.29, 0.717) is 29.2 Å². The van der Waals surface area contributed by atoms with Gasteiger partial charge >= 0.3 is 11.8 Å². The molecule has 3 N–H and O–H groups in total. The summed E-state index contributed by atoms with van der Waals surface area (Å²) >= 11 is 0. The van der Waals surface area contributed by atoms with Crippen molar-refractivity contribution in [2.24, 2.45) is 5.10 Å². The van der Waals surface area contributed by atoms with Crippen LogP contribution in [0.4, 0.5) is 5.69 Å². The SMILES string of the molecule is CC[C@H](C)NC(=O)C(=O)N/N=C\c1ccc(OCC(=O)Nc2cc(C)cc(C)c2)c(OC)c1. The number of benzene rings is 2. The van der Waals surface area contributed by atoms with E-state index in [1.54, 1.807) is 25.1 Å². The lowest BCUT2D eigenvalue weighted by molar-refractivity contribution is -0.139. The number of nitrogens with zero attached hydrogens (tertiary/aromatic N) is 1. The number of aryl methyl sites for hydroxylation is 2. The van der Waals surface area contributed by atoms with E-state index >= 15 is 0 Å². The topological polar surface area (TPSA) is 118 Å². The number of hydrogen-bond donors (Lipinski definition) is 3. The Morgan fingerprint density at radius 2 is 1.73 bits per heavy atom. The predicted octanol–water partition coefficient (Wildman–Crippen LogP) is 2.69. The van der Waals surface area contributed by atoms with Crippen molar-refractivity contribution in [3.05, 3.63) is 53.1 Å². The van der Waals surface area contributed by atoms with Crippen LogP contribution in [0.5, 0.6) is 11.5 Å². The number of ether oxygens (including phenoxy) is 2. The first-order chi connectivity index (χ1) is 15.7. The van der Waals surface area contributed by atoms with E-state index in [4.69, 9.17) is 9.47 Å². The fourth-order valence-electron chi connectivity index (χ4n) is 2.88. The van der Waals surface area contributed by atoms with Gasteiger partial charge in [-0.05, 0) is 74.2 Å². The number of hydrazone groups is 1. The molecular formula is C24H30N4O5. The standard InChI is InChI=1S/C24H30N4O5/c1-6-17(4)26-23(30)24(31)28-25-13-18-7-8-20(21(12-18)32-5)33-14-22(29)27-19-10-15(2)9-16(3)11-19/h7-13,17H,6,14H2,1-5H3,(H,26,30)(H,27,29)(H,28,31)/b25-13-/t17-/m0/s1. The van der Waals surface area contributed by atoms with Crippen molar-refractivity contribution in [1.29, 1.82) is 0 Å². The summed E-state index contributed by atoms with van der Waals surface area (Å²) in [6.07, 6.45) is 2.08. The summed E-state index contributed by atoms with van der Waals surface area (Å²) in [6, 6.07) is 10.6. The molecule has 0 fully saturated rings. The van der Waals surface area contributed by atoms with Crippen LogP contribution in [0.2, 0.25) is 0 Å². The van der Waals surface area contributed by atoms with Crippen LogP contribution in [0.25, 0.3) is 0 Å². The molecule has 1 atom stereocenters. The van der Waals surface area contributed by atoms with Crippen LogP contribution in [-0.2, 0) is 14.4 Å². The highest BCUT2D eigenvalue weighted by Gasteiger charge is 2.14. The normalized spacial score (nSPS) is 11.5. The second-order valence-electron chi connectivity index (χ2n) is 7.61. The van der Waals surface area contributed by atoms with E-state index in [9.17, 15) is 14.4 Å². The molecule has 0 aliphatic carbocycles. The number of rotatable bonds is 9. The summed E-state index contributed by atoms with van der Waals surface area (Å²) in [5.41, 5.74) is 5.59. The number of carbonyl (C=O) groups excluding carboxylic acids is 3. The molecule has 0 radical (unpaired) electrons. The van der Waals surface area contributed by atoms with Crippen molar-refractivity contribution in [2.45, 2.75) is 40.2 Å². The Hall–Kier alpha value is -3.88. The van der Waals surface area contributed by atoms with E-state index < -0.39 is 11.8 Å². The van der Waals surface area contributed by atoms with Gasteiger partial charge in [-0.2, -0.15) is 5.10 Å². The van der Waals surface area contributed by atoms with Gasteiger partial charge in [-0.3, -0.25) is 14.4 Å². The number of carbonyl (C=O) groups is 3. The molecule has 0 saturated carbocycles. The zero-order chi connectivity index (χ0) is 24.4. The largest absolute Gasteiger partial charge is 0.493 e. The molecule has 3 amide bonds. The van der Waals surface area contributed by atoms with Gasteiger partial charge in [0, 0.05) is 11.7 Å². The van der Waals surface area contributed by atoms with E-state index in [1.165, 1.54) is 13.3 Å². The van der Waals surface area contributed by atoms with Crippen molar-refractivity contribution >= 4 is 29.6 Å². The van der Waals surface area contributed by atoms with Gasteiger partial charge < -0.3 is 20.1 Å². The Morgan fingerprint density at radius 1 is 1.03 bits per heavy atom. The summed E-state index contributed by atoms with van der Waals surface area (Å²) in [7, 11) is 1.47. The minimum absolute atomic E-state index is 0.105. The molecule has 0 unspecified atom stereocenters. The number of anilines is 1. The Morgan fingerprint density at radius 3 is 2.36 bits per heavy atom. The molecule has 33 heavy (non-hydrogen) atoms. The van der Waals surface area contributed by atoms with Crippen molar-refractivity contribution in [2.75, 3.05) is 19.0 Å². The van der Waals surface area contributed by atoms with Crippen LogP contribution in [0.15, 0.2) is 41.5 Å². The van der Waals surface area contributed by atoms with E-state index in [-0.39, 0.29) is 18.6 Å².